The second-order valence-electron chi connectivity index (χ2n) is 9.41. The van der Waals surface area contributed by atoms with Crippen LogP contribution in [-0.4, -0.2) is 69.8 Å². The Labute approximate surface area is 230 Å². The van der Waals surface area contributed by atoms with Gasteiger partial charge in [0.1, 0.15) is 17.8 Å². The Bertz CT molecular complexity index is 1410. The lowest BCUT2D eigenvalue weighted by Gasteiger charge is -2.37. The standard InChI is InChI=1S/C28H29N5O5S/c1-35-22-9-7-21(8-10-22)33-24(17-20-5-3-2-4-6-20)30-31-27(33)39-19-25-29-23(18-36-25)26(34)32-13-11-28(12-14-32)37-15-16-38-28/h2-10,18H,11-17,19H2,1H3. The minimum absolute atomic E-state index is 0.144. The third kappa shape index (κ3) is 5.56. The average molecular weight is 548 g/mol. The van der Waals surface area contributed by atoms with Gasteiger partial charge in [0.15, 0.2) is 16.6 Å². The lowest BCUT2D eigenvalue weighted by Crippen LogP contribution is -2.47. The van der Waals surface area contributed by atoms with Crippen molar-refractivity contribution in [2.24, 2.45) is 0 Å². The lowest BCUT2D eigenvalue weighted by molar-refractivity contribution is -0.181. The van der Waals surface area contributed by atoms with Gasteiger partial charge in [-0.1, -0.05) is 42.1 Å². The molecule has 2 aliphatic heterocycles. The summed E-state index contributed by atoms with van der Waals surface area (Å²) in [7, 11) is 1.64. The van der Waals surface area contributed by atoms with Gasteiger partial charge in [-0.15, -0.1) is 10.2 Å². The molecule has 6 rings (SSSR count). The Morgan fingerprint density at radius 1 is 1.03 bits per heavy atom. The predicted octanol–water partition coefficient (Wildman–Crippen LogP) is 4.13. The lowest BCUT2D eigenvalue weighted by atomic mass is 10.0. The number of benzene rings is 2. The van der Waals surface area contributed by atoms with Crippen LogP contribution in [0, 0.1) is 0 Å². The molecule has 2 aromatic heterocycles. The van der Waals surface area contributed by atoms with Crippen LogP contribution in [0.25, 0.3) is 5.69 Å². The summed E-state index contributed by atoms with van der Waals surface area (Å²) in [6, 6.07) is 17.9. The SMILES string of the molecule is COc1ccc(-n2c(Cc3ccccc3)nnc2SCc2nc(C(=O)N3CCC4(CC3)OCCO4)co2)cc1. The number of rotatable bonds is 8. The highest BCUT2D eigenvalue weighted by atomic mass is 32.2. The number of methoxy groups -OCH3 is 1. The molecule has 39 heavy (non-hydrogen) atoms. The van der Waals surface area contributed by atoms with Crippen LogP contribution in [-0.2, 0) is 21.6 Å². The van der Waals surface area contributed by atoms with E-state index in [1.54, 1.807) is 12.0 Å². The third-order valence-electron chi connectivity index (χ3n) is 6.96. The fourth-order valence-corrected chi connectivity index (χ4v) is 5.70. The van der Waals surface area contributed by atoms with E-state index in [1.807, 2.05) is 47.0 Å². The van der Waals surface area contributed by atoms with Crippen LogP contribution in [0.4, 0.5) is 0 Å². The van der Waals surface area contributed by atoms with E-state index in [9.17, 15) is 4.79 Å². The number of amides is 1. The van der Waals surface area contributed by atoms with Crippen molar-refractivity contribution < 1.29 is 23.4 Å². The second kappa shape index (κ2) is 11.2. The Morgan fingerprint density at radius 2 is 1.77 bits per heavy atom. The molecule has 2 saturated heterocycles. The molecule has 1 amide bonds. The largest absolute Gasteiger partial charge is 0.497 e. The maximum absolute atomic E-state index is 13.0. The van der Waals surface area contributed by atoms with Crippen LogP contribution < -0.4 is 4.74 Å². The minimum Gasteiger partial charge on any atom is -0.497 e. The zero-order chi connectivity index (χ0) is 26.7. The highest BCUT2D eigenvalue weighted by Crippen LogP contribution is 2.32. The zero-order valence-corrected chi connectivity index (χ0v) is 22.4. The van der Waals surface area contributed by atoms with Crippen molar-refractivity contribution in [3.63, 3.8) is 0 Å². The third-order valence-corrected chi connectivity index (χ3v) is 7.87. The molecule has 0 atom stereocenters. The molecule has 2 aromatic carbocycles. The molecule has 2 fully saturated rings. The van der Waals surface area contributed by atoms with Crippen molar-refractivity contribution >= 4 is 17.7 Å². The van der Waals surface area contributed by atoms with Crippen LogP contribution in [0.15, 0.2) is 70.4 Å². The number of hydrogen-bond donors (Lipinski definition) is 0. The highest BCUT2D eigenvalue weighted by molar-refractivity contribution is 7.98. The van der Waals surface area contributed by atoms with E-state index >= 15 is 0 Å². The quantitative estimate of drug-likeness (QED) is 0.301. The van der Waals surface area contributed by atoms with E-state index in [2.05, 4.69) is 27.3 Å². The first kappa shape index (κ1) is 25.6. The molecular weight excluding hydrogens is 518 g/mol. The smallest absolute Gasteiger partial charge is 0.275 e. The number of carbonyl (C=O) groups excluding carboxylic acids is 1. The number of hydrogen-bond acceptors (Lipinski definition) is 9. The number of aromatic nitrogens is 4. The zero-order valence-electron chi connectivity index (χ0n) is 21.6. The van der Waals surface area contributed by atoms with Crippen molar-refractivity contribution in [1.82, 2.24) is 24.6 Å². The molecule has 0 aliphatic carbocycles. The van der Waals surface area contributed by atoms with Crippen molar-refractivity contribution in [3.05, 3.63) is 83.8 Å². The summed E-state index contributed by atoms with van der Waals surface area (Å²) in [4.78, 5) is 19.3. The van der Waals surface area contributed by atoms with E-state index in [1.165, 1.54) is 18.0 Å². The fourth-order valence-electron chi connectivity index (χ4n) is 4.88. The van der Waals surface area contributed by atoms with Gasteiger partial charge < -0.3 is 23.5 Å². The summed E-state index contributed by atoms with van der Waals surface area (Å²) in [6.07, 6.45) is 3.38. The maximum Gasteiger partial charge on any atom is 0.275 e. The van der Waals surface area contributed by atoms with E-state index < -0.39 is 5.79 Å². The molecule has 0 N–H and O–H groups in total. The summed E-state index contributed by atoms with van der Waals surface area (Å²) in [5.41, 5.74) is 2.37. The van der Waals surface area contributed by atoms with Crippen LogP contribution >= 0.6 is 11.8 Å². The monoisotopic (exact) mass is 547 g/mol. The van der Waals surface area contributed by atoms with Crippen molar-refractivity contribution in [3.8, 4) is 11.4 Å². The van der Waals surface area contributed by atoms with Crippen LogP contribution in [0.5, 0.6) is 5.75 Å². The van der Waals surface area contributed by atoms with Crippen molar-refractivity contribution in [2.75, 3.05) is 33.4 Å². The topological polar surface area (TPSA) is 105 Å². The Kier molecular flexibility index (Phi) is 7.36. The van der Waals surface area contributed by atoms with Gasteiger partial charge in [-0.3, -0.25) is 9.36 Å². The molecule has 202 valence electrons. The normalized spacial score (nSPS) is 16.6. The molecule has 0 bridgehead atoms. The summed E-state index contributed by atoms with van der Waals surface area (Å²) >= 11 is 1.45. The second-order valence-corrected chi connectivity index (χ2v) is 10.4. The number of carbonyl (C=O) groups is 1. The minimum atomic E-state index is -0.526. The molecule has 4 heterocycles. The molecule has 0 unspecified atom stereocenters. The number of ether oxygens (including phenoxy) is 3. The Morgan fingerprint density at radius 3 is 2.49 bits per heavy atom. The van der Waals surface area contributed by atoms with Gasteiger partial charge >= 0.3 is 0 Å². The summed E-state index contributed by atoms with van der Waals surface area (Å²) in [5.74, 6) is 1.77. The number of likely N-dealkylation sites (tertiary alicyclic amines) is 1. The summed E-state index contributed by atoms with van der Waals surface area (Å²) in [5, 5.41) is 9.67. The van der Waals surface area contributed by atoms with Gasteiger partial charge in [0.2, 0.25) is 5.89 Å². The van der Waals surface area contributed by atoms with Gasteiger partial charge in [-0.2, -0.15) is 0 Å². The molecule has 11 heteroatoms. The number of piperidine rings is 1. The van der Waals surface area contributed by atoms with Gasteiger partial charge in [0, 0.05) is 38.0 Å². The first-order valence-electron chi connectivity index (χ1n) is 12.9. The number of oxazole rings is 1. The molecule has 0 saturated carbocycles. The molecule has 1 spiro atoms. The number of nitrogens with zero attached hydrogens (tertiary/aromatic N) is 5. The molecule has 0 radical (unpaired) electrons. The first-order chi connectivity index (χ1) is 19.1. The van der Waals surface area contributed by atoms with E-state index in [0.29, 0.717) is 68.1 Å². The van der Waals surface area contributed by atoms with E-state index in [4.69, 9.17) is 18.6 Å². The van der Waals surface area contributed by atoms with E-state index in [-0.39, 0.29) is 5.91 Å². The van der Waals surface area contributed by atoms with Gasteiger partial charge in [0.25, 0.3) is 5.91 Å². The average Bonchev–Trinajstić information content (AvgIpc) is 3.73. The summed E-state index contributed by atoms with van der Waals surface area (Å²) in [6.45, 7) is 2.34. The Balaban J connectivity index is 1.15. The fraction of sp³-hybridized carbons (Fsp3) is 0.357. The van der Waals surface area contributed by atoms with Gasteiger partial charge in [-0.25, -0.2) is 4.98 Å². The van der Waals surface area contributed by atoms with Gasteiger partial charge in [0.05, 0.1) is 26.1 Å². The van der Waals surface area contributed by atoms with E-state index in [0.717, 1.165) is 22.8 Å². The van der Waals surface area contributed by atoms with Crippen molar-refractivity contribution in [2.45, 2.75) is 36.0 Å². The number of thioether (sulfide) groups is 1. The summed E-state index contributed by atoms with van der Waals surface area (Å²) < 4.78 is 24.6. The maximum atomic E-state index is 13.0. The highest BCUT2D eigenvalue weighted by Gasteiger charge is 2.41. The van der Waals surface area contributed by atoms with Gasteiger partial charge in [-0.05, 0) is 29.8 Å². The molecule has 2 aliphatic rings. The molecule has 10 nitrogen and oxygen atoms in total. The van der Waals surface area contributed by atoms with Crippen LogP contribution in [0.1, 0.15) is 40.6 Å². The molecular formula is C28H29N5O5S. The Hall–Kier alpha value is -3.67. The first-order valence-corrected chi connectivity index (χ1v) is 13.9. The molecule has 4 aromatic rings. The predicted molar refractivity (Wildman–Crippen MR) is 143 cm³/mol. The van der Waals surface area contributed by atoms with Crippen LogP contribution in [0.3, 0.4) is 0 Å². The van der Waals surface area contributed by atoms with Crippen LogP contribution in [0.2, 0.25) is 0 Å². The van der Waals surface area contributed by atoms with Crippen molar-refractivity contribution in [1.29, 1.82) is 0 Å².